The molecule has 1 rings (SSSR count). The van der Waals surface area contributed by atoms with Gasteiger partial charge in [0.2, 0.25) is 0 Å². The molecular formula is C11H21O6-. The third-order valence-electron chi connectivity index (χ3n) is 2.86. The normalized spacial score (nSPS) is 38.3. The summed E-state index contributed by atoms with van der Waals surface area (Å²) in [5.41, 5.74) is 0. The van der Waals surface area contributed by atoms with Crippen molar-refractivity contribution in [2.75, 3.05) is 19.8 Å². The Bertz CT molecular complexity index is 224. The summed E-state index contributed by atoms with van der Waals surface area (Å²) >= 11 is 0. The van der Waals surface area contributed by atoms with Crippen LogP contribution in [-0.2, 0) is 9.47 Å². The van der Waals surface area contributed by atoms with Crippen LogP contribution < -0.4 is 5.11 Å². The van der Waals surface area contributed by atoms with E-state index in [-0.39, 0.29) is 13.2 Å². The van der Waals surface area contributed by atoms with Gasteiger partial charge >= 0.3 is 0 Å². The Morgan fingerprint density at radius 2 is 2.06 bits per heavy atom. The molecule has 0 bridgehead atoms. The number of unbranched alkanes of at least 4 members (excludes halogenated alkanes) is 2. The van der Waals surface area contributed by atoms with Crippen LogP contribution in [0.3, 0.4) is 0 Å². The van der Waals surface area contributed by atoms with E-state index in [0.717, 1.165) is 19.3 Å². The molecular weight excluding hydrogens is 228 g/mol. The first-order chi connectivity index (χ1) is 8.01. The van der Waals surface area contributed by atoms with Gasteiger partial charge in [-0.25, -0.2) is 0 Å². The zero-order chi connectivity index (χ0) is 12.9. The lowest BCUT2D eigenvalue weighted by Gasteiger charge is -2.50. The standard InChI is InChI=1S/C11H21O6/c1-2-3-4-5-16-7-11(15)10(14)9(13)8(12)6-17-11/h8-10,12-14H,2-7H2,1H3/q-1/t8-,9+,10-,11?/m1/s1. The smallest absolute Gasteiger partial charge is 0.109 e. The molecule has 17 heavy (non-hydrogen) atoms. The molecule has 1 heterocycles. The molecule has 6 heteroatoms. The Labute approximate surface area is 101 Å². The van der Waals surface area contributed by atoms with E-state index < -0.39 is 24.1 Å². The van der Waals surface area contributed by atoms with Gasteiger partial charge in [0.25, 0.3) is 0 Å². The fourth-order valence-electron chi connectivity index (χ4n) is 1.68. The largest absolute Gasteiger partial charge is 0.825 e. The molecule has 102 valence electrons. The van der Waals surface area contributed by atoms with E-state index in [2.05, 4.69) is 6.92 Å². The lowest BCUT2D eigenvalue weighted by Crippen LogP contribution is -2.69. The van der Waals surface area contributed by atoms with Gasteiger partial charge in [-0.1, -0.05) is 19.8 Å². The second-order valence-corrected chi connectivity index (χ2v) is 4.39. The summed E-state index contributed by atoms with van der Waals surface area (Å²) in [7, 11) is 0. The number of rotatable bonds is 6. The van der Waals surface area contributed by atoms with Gasteiger partial charge in [-0.15, -0.1) is 0 Å². The first-order valence-electron chi connectivity index (χ1n) is 5.97. The van der Waals surface area contributed by atoms with Crippen molar-refractivity contribution in [3.8, 4) is 0 Å². The minimum atomic E-state index is -2.19. The summed E-state index contributed by atoms with van der Waals surface area (Å²) < 4.78 is 9.97. The highest BCUT2D eigenvalue weighted by Gasteiger charge is 2.41. The van der Waals surface area contributed by atoms with Gasteiger partial charge in [-0.2, -0.15) is 0 Å². The van der Waals surface area contributed by atoms with Crippen LogP contribution in [0.15, 0.2) is 0 Å². The van der Waals surface area contributed by atoms with E-state index in [9.17, 15) is 20.4 Å². The van der Waals surface area contributed by atoms with Crippen LogP contribution in [0.2, 0.25) is 0 Å². The predicted molar refractivity (Wildman–Crippen MR) is 57.0 cm³/mol. The van der Waals surface area contributed by atoms with Crippen molar-refractivity contribution >= 4 is 0 Å². The lowest BCUT2D eigenvalue weighted by atomic mass is 9.97. The maximum Gasteiger partial charge on any atom is 0.109 e. The monoisotopic (exact) mass is 249 g/mol. The molecule has 0 saturated carbocycles. The molecule has 0 aliphatic carbocycles. The van der Waals surface area contributed by atoms with Crippen molar-refractivity contribution in [3.63, 3.8) is 0 Å². The van der Waals surface area contributed by atoms with Crippen molar-refractivity contribution in [2.45, 2.75) is 50.3 Å². The van der Waals surface area contributed by atoms with Crippen LogP contribution >= 0.6 is 0 Å². The van der Waals surface area contributed by atoms with E-state index in [0.29, 0.717) is 6.61 Å². The highest BCUT2D eigenvalue weighted by molar-refractivity contribution is 4.90. The molecule has 0 amide bonds. The molecule has 0 aromatic carbocycles. The average molecular weight is 249 g/mol. The van der Waals surface area contributed by atoms with Crippen LogP contribution in [-0.4, -0.2) is 59.2 Å². The lowest BCUT2D eigenvalue weighted by molar-refractivity contribution is -0.592. The SMILES string of the molecule is CCCCCOCC1([O-])OC[C@@H](O)[C@H](O)[C@H]1O. The Morgan fingerprint density at radius 3 is 2.71 bits per heavy atom. The summed E-state index contributed by atoms with van der Waals surface area (Å²) in [6.07, 6.45) is -1.49. The van der Waals surface area contributed by atoms with E-state index in [1.54, 1.807) is 0 Å². The topological polar surface area (TPSA) is 102 Å². The fourth-order valence-corrected chi connectivity index (χ4v) is 1.68. The number of ether oxygens (including phenoxy) is 2. The first-order valence-corrected chi connectivity index (χ1v) is 5.97. The number of aliphatic hydroxyl groups is 3. The van der Waals surface area contributed by atoms with E-state index in [1.165, 1.54) is 0 Å². The van der Waals surface area contributed by atoms with Crippen LogP contribution in [0, 0.1) is 0 Å². The highest BCUT2D eigenvalue weighted by atomic mass is 16.7. The summed E-state index contributed by atoms with van der Waals surface area (Å²) in [5, 5.41) is 40.1. The van der Waals surface area contributed by atoms with Crippen molar-refractivity contribution in [3.05, 3.63) is 0 Å². The maximum absolute atomic E-state index is 12.0. The Kier molecular flexibility index (Phi) is 5.78. The fraction of sp³-hybridized carbons (Fsp3) is 1.00. The Balaban J connectivity index is 2.34. The van der Waals surface area contributed by atoms with Crippen LogP contribution in [0.4, 0.5) is 0 Å². The van der Waals surface area contributed by atoms with Crippen LogP contribution in [0.25, 0.3) is 0 Å². The maximum atomic E-state index is 12.0. The van der Waals surface area contributed by atoms with Gasteiger partial charge in [0, 0.05) is 12.4 Å². The molecule has 3 N–H and O–H groups in total. The third-order valence-corrected chi connectivity index (χ3v) is 2.86. The Hall–Kier alpha value is -0.240. The highest BCUT2D eigenvalue weighted by Crippen LogP contribution is 2.21. The van der Waals surface area contributed by atoms with Gasteiger partial charge in [-0.05, 0) is 6.42 Å². The summed E-state index contributed by atoms with van der Waals surface area (Å²) in [6.45, 7) is 1.86. The third kappa shape index (κ3) is 3.87. The first kappa shape index (κ1) is 14.8. The van der Waals surface area contributed by atoms with E-state index >= 15 is 0 Å². The molecule has 1 aliphatic heterocycles. The molecule has 1 fully saturated rings. The second kappa shape index (κ2) is 6.63. The number of hydrogen-bond donors (Lipinski definition) is 3. The van der Waals surface area contributed by atoms with Gasteiger partial charge in [0.05, 0.1) is 19.3 Å². The molecule has 1 saturated heterocycles. The molecule has 1 unspecified atom stereocenters. The van der Waals surface area contributed by atoms with Crippen molar-refractivity contribution in [2.24, 2.45) is 0 Å². The van der Waals surface area contributed by atoms with Crippen molar-refractivity contribution < 1.29 is 29.9 Å². The molecule has 6 nitrogen and oxygen atoms in total. The van der Waals surface area contributed by atoms with Crippen LogP contribution in [0.5, 0.6) is 0 Å². The second-order valence-electron chi connectivity index (χ2n) is 4.39. The van der Waals surface area contributed by atoms with Gasteiger partial charge in [0.1, 0.15) is 12.2 Å². The molecule has 0 aromatic heterocycles. The zero-order valence-electron chi connectivity index (χ0n) is 10.0. The van der Waals surface area contributed by atoms with Crippen LogP contribution in [0.1, 0.15) is 26.2 Å². The molecule has 0 aromatic rings. The number of hydrogen-bond acceptors (Lipinski definition) is 6. The Morgan fingerprint density at radius 1 is 1.35 bits per heavy atom. The predicted octanol–water partition coefficient (Wildman–Crippen LogP) is -1.64. The summed E-state index contributed by atoms with van der Waals surface area (Å²) in [6, 6.07) is 0. The van der Waals surface area contributed by atoms with E-state index in [1.807, 2.05) is 0 Å². The summed E-state index contributed by atoms with van der Waals surface area (Å²) in [4.78, 5) is 0. The molecule has 0 spiro atoms. The minimum Gasteiger partial charge on any atom is -0.825 e. The minimum absolute atomic E-state index is 0.292. The van der Waals surface area contributed by atoms with Gasteiger partial charge < -0.3 is 29.9 Å². The van der Waals surface area contributed by atoms with Crippen molar-refractivity contribution in [1.82, 2.24) is 0 Å². The average Bonchev–Trinajstić information content (AvgIpc) is 2.32. The van der Waals surface area contributed by atoms with Gasteiger partial charge in [0.15, 0.2) is 0 Å². The molecule has 4 atom stereocenters. The zero-order valence-corrected chi connectivity index (χ0v) is 10.0. The molecule has 1 aliphatic rings. The van der Waals surface area contributed by atoms with Gasteiger partial charge in [-0.3, -0.25) is 0 Å². The van der Waals surface area contributed by atoms with E-state index in [4.69, 9.17) is 9.47 Å². The quantitative estimate of drug-likeness (QED) is 0.488. The van der Waals surface area contributed by atoms with Crippen molar-refractivity contribution in [1.29, 1.82) is 0 Å². The molecule has 0 radical (unpaired) electrons. The summed E-state index contributed by atoms with van der Waals surface area (Å²) in [5.74, 6) is -2.19. The number of aliphatic hydroxyl groups excluding tert-OH is 3.